The highest BCUT2D eigenvalue weighted by Gasteiger charge is 2.28. The lowest BCUT2D eigenvalue weighted by Crippen LogP contribution is -1.98. The van der Waals surface area contributed by atoms with Crippen LogP contribution in [0.15, 0.2) is 73.7 Å². The Bertz CT molecular complexity index is 825. The predicted octanol–water partition coefficient (Wildman–Crippen LogP) is 2.81. The Balaban J connectivity index is 2.36. The molecule has 0 saturated heterocycles. The van der Waals surface area contributed by atoms with Crippen LogP contribution in [0.1, 0.15) is 5.56 Å². The van der Waals surface area contributed by atoms with Crippen LogP contribution in [0.4, 0.5) is 0 Å². The van der Waals surface area contributed by atoms with E-state index < -0.39 is 9.73 Å². The fourth-order valence-electron chi connectivity index (χ4n) is 2.03. The van der Waals surface area contributed by atoms with Gasteiger partial charge in [-0.15, -0.1) is 0 Å². The average molecular weight is 267 g/mol. The zero-order valence-electron chi connectivity index (χ0n) is 9.85. The van der Waals surface area contributed by atoms with E-state index in [0.29, 0.717) is 15.4 Å². The molecule has 0 bridgehead atoms. The van der Waals surface area contributed by atoms with Gasteiger partial charge in [-0.3, -0.25) is 0 Å². The number of hydrogen-bond acceptors (Lipinski definition) is 3. The quantitative estimate of drug-likeness (QED) is 0.746. The van der Waals surface area contributed by atoms with Crippen molar-refractivity contribution in [1.29, 1.82) is 5.26 Å². The summed E-state index contributed by atoms with van der Waals surface area (Å²) in [5, 5.41) is 8.70. The van der Waals surface area contributed by atoms with Crippen LogP contribution in [0, 0.1) is 11.5 Å². The van der Waals surface area contributed by atoms with Crippen molar-refractivity contribution in [1.82, 2.24) is 0 Å². The molecule has 1 aliphatic heterocycles. The van der Waals surface area contributed by atoms with Crippen LogP contribution in [0.5, 0.6) is 0 Å². The second-order valence-corrected chi connectivity index (χ2v) is 6.11. The van der Waals surface area contributed by atoms with Gasteiger partial charge >= 0.3 is 0 Å². The van der Waals surface area contributed by atoms with Crippen molar-refractivity contribution in [3.05, 3.63) is 60.2 Å². The lowest BCUT2D eigenvalue weighted by molar-refractivity contribution is 0.678. The Labute approximate surface area is 111 Å². The van der Waals surface area contributed by atoms with Crippen molar-refractivity contribution in [2.24, 2.45) is 9.36 Å². The van der Waals surface area contributed by atoms with E-state index in [9.17, 15) is 4.21 Å². The molecule has 92 valence electrons. The summed E-state index contributed by atoms with van der Waals surface area (Å²) < 4.78 is 17.3. The van der Waals surface area contributed by atoms with E-state index in [1.165, 1.54) is 0 Å². The molecule has 0 N–H and O–H groups in total. The molecule has 5 heteroatoms. The molecule has 0 fully saturated rings. The van der Waals surface area contributed by atoms with Gasteiger partial charge in [0.05, 0.1) is 9.79 Å². The number of benzene rings is 2. The summed E-state index contributed by atoms with van der Waals surface area (Å²) in [5.74, 6) is 0.243. The van der Waals surface area contributed by atoms with Crippen molar-refractivity contribution < 1.29 is 4.21 Å². The van der Waals surface area contributed by atoms with Gasteiger partial charge in [-0.25, -0.2) is 4.21 Å². The molecule has 0 radical (unpaired) electrons. The van der Waals surface area contributed by atoms with Crippen molar-refractivity contribution in [2.75, 3.05) is 0 Å². The molecular weight excluding hydrogens is 258 g/mol. The topological polar surface area (TPSA) is 65.6 Å². The van der Waals surface area contributed by atoms with Gasteiger partial charge in [-0.2, -0.15) is 14.6 Å². The first-order valence-corrected chi connectivity index (χ1v) is 7.15. The maximum absolute atomic E-state index is 13.1. The highest BCUT2D eigenvalue weighted by atomic mass is 32.2. The summed E-state index contributed by atoms with van der Waals surface area (Å²) in [6.07, 6.45) is 1.71. The molecule has 0 unspecified atom stereocenters. The smallest absolute Gasteiger partial charge is 0.207 e. The minimum Gasteiger partial charge on any atom is -0.239 e. The van der Waals surface area contributed by atoms with Gasteiger partial charge in [0.1, 0.15) is 9.73 Å². The Morgan fingerprint density at radius 1 is 1.05 bits per heavy atom. The third-order valence-electron chi connectivity index (χ3n) is 2.86. The average Bonchev–Trinajstić information content (AvgIpc) is 2.75. The molecule has 19 heavy (non-hydrogen) atoms. The Morgan fingerprint density at radius 2 is 1.74 bits per heavy atom. The third kappa shape index (κ3) is 1.74. The number of nitriles is 1. The molecule has 0 amide bonds. The maximum Gasteiger partial charge on any atom is 0.207 e. The van der Waals surface area contributed by atoms with Crippen molar-refractivity contribution in [2.45, 2.75) is 9.79 Å². The molecule has 0 spiro atoms. The first-order valence-electron chi connectivity index (χ1n) is 5.64. The van der Waals surface area contributed by atoms with Crippen molar-refractivity contribution in [3.63, 3.8) is 0 Å². The van der Waals surface area contributed by atoms with Gasteiger partial charge in [0.25, 0.3) is 0 Å². The number of rotatable bonds is 1. The highest BCUT2D eigenvalue weighted by Crippen LogP contribution is 2.32. The summed E-state index contributed by atoms with van der Waals surface area (Å²) >= 11 is 0. The summed E-state index contributed by atoms with van der Waals surface area (Å²) in [5.41, 5.74) is 0.665. The Morgan fingerprint density at radius 3 is 2.47 bits per heavy atom. The maximum atomic E-state index is 13.1. The molecule has 0 saturated carbocycles. The number of hydrogen-bond donors (Lipinski definition) is 0. The van der Waals surface area contributed by atoms with Gasteiger partial charge in [0.15, 0.2) is 5.84 Å². The van der Waals surface area contributed by atoms with Crippen LogP contribution in [0.2, 0.25) is 0 Å². The fraction of sp³-hybridized carbons (Fsp3) is 0. The van der Waals surface area contributed by atoms with E-state index in [2.05, 4.69) is 9.36 Å². The lowest BCUT2D eigenvalue weighted by atomic mass is 10.2. The van der Waals surface area contributed by atoms with E-state index in [1.807, 2.05) is 30.3 Å². The van der Waals surface area contributed by atoms with Crippen LogP contribution in [-0.4, -0.2) is 10.0 Å². The molecule has 2 aromatic carbocycles. The summed E-state index contributed by atoms with van der Waals surface area (Å²) in [6, 6.07) is 16.2. The molecule has 1 aliphatic rings. The summed E-state index contributed by atoms with van der Waals surface area (Å²) in [6.45, 7) is 0. The highest BCUT2D eigenvalue weighted by molar-refractivity contribution is 7.94. The van der Waals surface area contributed by atoms with E-state index in [4.69, 9.17) is 5.26 Å². The minimum atomic E-state index is -2.72. The van der Waals surface area contributed by atoms with Crippen LogP contribution < -0.4 is 0 Å². The van der Waals surface area contributed by atoms with Gasteiger partial charge in [0.2, 0.25) is 6.19 Å². The molecule has 0 aliphatic carbocycles. The molecule has 1 atom stereocenters. The van der Waals surface area contributed by atoms with Gasteiger partial charge in [-0.1, -0.05) is 30.3 Å². The lowest BCUT2D eigenvalue weighted by Gasteiger charge is -2.05. The van der Waals surface area contributed by atoms with Crippen LogP contribution in [0.3, 0.4) is 0 Å². The van der Waals surface area contributed by atoms with Crippen LogP contribution in [0.25, 0.3) is 0 Å². The summed E-state index contributed by atoms with van der Waals surface area (Å²) in [4.78, 5) is 4.91. The number of nitrogens with zero attached hydrogens (tertiary/aromatic N) is 3. The second-order valence-electron chi connectivity index (χ2n) is 3.96. The van der Waals surface area contributed by atoms with Crippen molar-refractivity contribution >= 4 is 15.6 Å². The summed E-state index contributed by atoms with van der Waals surface area (Å²) in [7, 11) is -2.72. The zero-order valence-corrected chi connectivity index (χ0v) is 10.7. The molecular formula is C14H9N3OS. The van der Waals surface area contributed by atoms with Crippen molar-refractivity contribution in [3.8, 4) is 6.19 Å². The number of amidine groups is 1. The van der Waals surface area contributed by atoms with E-state index in [-0.39, 0.29) is 5.84 Å². The third-order valence-corrected chi connectivity index (χ3v) is 5.15. The fourth-order valence-corrected chi connectivity index (χ4v) is 4.11. The van der Waals surface area contributed by atoms with Crippen LogP contribution in [-0.2, 0) is 9.73 Å². The normalized spacial score (nSPS) is 22.6. The van der Waals surface area contributed by atoms with Gasteiger partial charge in [-0.05, 0) is 24.3 Å². The number of aliphatic imine (C=N–C) groups is 1. The molecule has 2 aromatic rings. The van der Waals surface area contributed by atoms with E-state index in [0.717, 1.165) is 0 Å². The molecule has 3 rings (SSSR count). The van der Waals surface area contributed by atoms with E-state index in [1.54, 1.807) is 30.5 Å². The monoisotopic (exact) mass is 267 g/mol. The first kappa shape index (κ1) is 11.6. The van der Waals surface area contributed by atoms with E-state index >= 15 is 0 Å². The van der Waals surface area contributed by atoms with Gasteiger partial charge < -0.3 is 0 Å². The first-order chi connectivity index (χ1) is 9.25. The zero-order chi connectivity index (χ0) is 13.3. The minimum absolute atomic E-state index is 0.243. The number of fused-ring (bicyclic) bond motifs is 1. The largest absolute Gasteiger partial charge is 0.239 e. The molecule has 0 aromatic heterocycles. The Hall–Kier alpha value is -2.45. The predicted molar refractivity (Wildman–Crippen MR) is 72.1 cm³/mol. The second kappa shape index (κ2) is 4.34. The standard InChI is InChI=1S/C14H9N3OS/c15-10-16-14-12-8-4-5-9-13(12)19(18,17-14)11-6-2-1-3-7-11/h1-9H/t19-/m0/s1. The SMILES string of the molecule is N#CN=C1N=[S@](=O)(c2ccccc2)c2ccccc21. The molecule has 1 heterocycles. The van der Waals surface area contributed by atoms with Crippen LogP contribution >= 0.6 is 0 Å². The Kier molecular flexibility index (Phi) is 2.65. The molecule has 4 nitrogen and oxygen atoms in total. The van der Waals surface area contributed by atoms with Gasteiger partial charge in [0, 0.05) is 5.56 Å².